The van der Waals surface area contributed by atoms with Gasteiger partial charge < -0.3 is 25.4 Å². The van der Waals surface area contributed by atoms with Crippen LogP contribution in [-0.2, 0) is 33.8 Å². The molecule has 37 heavy (non-hydrogen) atoms. The first-order chi connectivity index (χ1) is 17.8. The molecule has 0 fully saturated rings. The van der Waals surface area contributed by atoms with Crippen LogP contribution in [-0.4, -0.2) is 49.6 Å². The molecule has 3 aromatic rings. The number of nitrogens with one attached hydrogen (secondary N) is 2. The molecule has 1 heterocycles. The van der Waals surface area contributed by atoms with E-state index in [1.165, 1.54) is 12.1 Å². The number of aromatic nitrogens is 2. The van der Waals surface area contributed by atoms with Crippen molar-refractivity contribution < 1.29 is 24.6 Å². The minimum Gasteiger partial charge on any atom is -0.508 e. The number of aryl methyl sites for hydroxylation is 2. The topological polar surface area (TPSA) is 134 Å². The van der Waals surface area contributed by atoms with Gasteiger partial charge in [-0.25, -0.2) is 9.78 Å². The number of amides is 2. The second kappa shape index (κ2) is 13.8. The van der Waals surface area contributed by atoms with E-state index in [2.05, 4.69) is 15.6 Å². The van der Waals surface area contributed by atoms with Crippen molar-refractivity contribution in [3.8, 4) is 5.75 Å². The fourth-order valence-corrected chi connectivity index (χ4v) is 3.95. The van der Waals surface area contributed by atoms with Gasteiger partial charge in [-0.3, -0.25) is 9.59 Å². The highest BCUT2D eigenvalue weighted by molar-refractivity contribution is 5.90. The number of carboxylic acid groups (broad SMARTS) is 1. The Labute approximate surface area is 216 Å². The second-order valence-corrected chi connectivity index (χ2v) is 9.19. The van der Waals surface area contributed by atoms with Crippen LogP contribution in [0.1, 0.15) is 42.4 Å². The SMILES string of the molecule is Cc1ccc(C[C@H](NC(=O)CCCCCn2ccnc2)C(=O)N[C@@H](Cc2ccc(O)cc2)C(=O)O)cc1. The lowest BCUT2D eigenvalue weighted by Crippen LogP contribution is -2.53. The summed E-state index contributed by atoms with van der Waals surface area (Å²) < 4.78 is 1.99. The first-order valence-corrected chi connectivity index (χ1v) is 12.4. The van der Waals surface area contributed by atoms with Crippen molar-refractivity contribution in [3.63, 3.8) is 0 Å². The van der Waals surface area contributed by atoms with Crippen molar-refractivity contribution in [3.05, 3.63) is 83.9 Å². The molecule has 0 saturated carbocycles. The van der Waals surface area contributed by atoms with Gasteiger partial charge in [0.05, 0.1) is 6.33 Å². The van der Waals surface area contributed by atoms with Gasteiger partial charge in [0.25, 0.3) is 0 Å². The maximum atomic E-state index is 13.2. The van der Waals surface area contributed by atoms with Crippen LogP contribution in [0.25, 0.3) is 0 Å². The average molecular weight is 507 g/mol. The number of hydrogen-bond donors (Lipinski definition) is 4. The number of imidazole rings is 1. The van der Waals surface area contributed by atoms with Crippen molar-refractivity contribution in [2.75, 3.05) is 0 Å². The number of rotatable bonds is 14. The Bertz CT molecular complexity index is 1140. The monoisotopic (exact) mass is 506 g/mol. The predicted octanol–water partition coefficient (Wildman–Crippen LogP) is 3.00. The summed E-state index contributed by atoms with van der Waals surface area (Å²) in [7, 11) is 0. The van der Waals surface area contributed by atoms with E-state index in [1.807, 2.05) is 42.0 Å². The number of phenolic OH excluding ortho intramolecular Hbond substituents is 1. The Morgan fingerprint density at radius 1 is 0.892 bits per heavy atom. The summed E-state index contributed by atoms with van der Waals surface area (Å²) in [4.78, 5) is 41.8. The van der Waals surface area contributed by atoms with Crippen molar-refractivity contribution in [1.82, 2.24) is 20.2 Å². The van der Waals surface area contributed by atoms with Crippen molar-refractivity contribution in [2.45, 2.75) is 64.1 Å². The molecule has 1 aromatic heterocycles. The van der Waals surface area contributed by atoms with Crippen molar-refractivity contribution in [1.29, 1.82) is 0 Å². The molecule has 2 atom stereocenters. The van der Waals surface area contributed by atoms with Crippen LogP contribution in [0.2, 0.25) is 0 Å². The smallest absolute Gasteiger partial charge is 0.326 e. The van der Waals surface area contributed by atoms with Crippen LogP contribution in [0.4, 0.5) is 0 Å². The van der Waals surface area contributed by atoms with E-state index in [1.54, 1.807) is 24.7 Å². The highest BCUT2D eigenvalue weighted by Gasteiger charge is 2.27. The second-order valence-electron chi connectivity index (χ2n) is 9.19. The molecule has 2 aromatic carbocycles. The quantitative estimate of drug-likeness (QED) is 0.249. The Balaban J connectivity index is 1.60. The standard InChI is InChI=1S/C28H34N4O5/c1-20-6-8-21(9-7-20)17-24(30-26(34)5-3-2-4-15-32-16-14-29-19-32)27(35)31-25(28(36)37)18-22-10-12-23(33)13-11-22/h6-14,16,19,24-25,33H,2-5,15,17-18H2,1H3,(H,30,34)(H,31,35)(H,36,37)/t24-,25-/m0/s1. The molecular weight excluding hydrogens is 472 g/mol. The predicted molar refractivity (Wildman–Crippen MR) is 139 cm³/mol. The van der Waals surface area contributed by atoms with Gasteiger partial charge in [0.2, 0.25) is 11.8 Å². The molecule has 0 aliphatic heterocycles. The molecule has 0 bridgehead atoms. The third kappa shape index (κ3) is 9.44. The third-order valence-electron chi connectivity index (χ3n) is 6.08. The Morgan fingerprint density at radius 3 is 2.16 bits per heavy atom. The van der Waals surface area contributed by atoms with E-state index in [-0.39, 0.29) is 30.9 Å². The van der Waals surface area contributed by atoms with Gasteiger partial charge in [-0.15, -0.1) is 0 Å². The summed E-state index contributed by atoms with van der Waals surface area (Å²) in [6, 6.07) is 11.7. The summed E-state index contributed by atoms with van der Waals surface area (Å²) in [6.45, 7) is 2.79. The van der Waals surface area contributed by atoms with Gasteiger partial charge in [0.15, 0.2) is 0 Å². The minimum atomic E-state index is -1.18. The van der Waals surface area contributed by atoms with Gasteiger partial charge in [-0.2, -0.15) is 0 Å². The number of unbranched alkanes of at least 4 members (excludes halogenated alkanes) is 2. The molecule has 4 N–H and O–H groups in total. The molecule has 3 rings (SSSR count). The zero-order valence-electron chi connectivity index (χ0n) is 21.0. The molecule has 0 saturated heterocycles. The van der Waals surface area contributed by atoms with E-state index in [0.29, 0.717) is 12.0 Å². The minimum absolute atomic E-state index is 0.0451. The molecule has 9 nitrogen and oxygen atoms in total. The lowest BCUT2D eigenvalue weighted by atomic mass is 10.0. The van der Waals surface area contributed by atoms with Crippen molar-refractivity contribution in [2.24, 2.45) is 0 Å². The molecule has 0 radical (unpaired) electrons. The summed E-state index contributed by atoms with van der Waals surface area (Å²) in [5.41, 5.74) is 2.58. The first-order valence-electron chi connectivity index (χ1n) is 12.4. The van der Waals surface area contributed by atoms with E-state index < -0.39 is 24.0 Å². The van der Waals surface area contributed by atoms with Crippen LogP contribution < -0.4 is 10.6 Å². The lowest BCUT2D eigenvalue weighted by molar-refractivity contribution is -0.142. The van der Waals surface area contributed by atoms with Crippen LogP contribution in [0.15, 0.2) is 67.3 Å². The summed E-state index contributed by atoms with van der Waals surface area (Å²) in [6.07, 6.45) is 8.39. The Morgan fingerprint density at radius 2 is 1.54 bits per heavy atom. The fourth-order valence-electron chi connectivity index (χ4n) is 3.95. The van der Waals surface area contributed by atoms with Crippen LogP contribution in [0.3, 0.4) is 0 Å². The highest BCUT2D eigenvalue weighted by atomic mass is 16.4. The number of carbonyl (C=O) groups is 3. The maximum Gasteiger partial charge on any atom is 0.326 e. The van der Waals surface area contributed by atoms with E-state index in [9.17, 15) is 24.6 Å². The number of phenols is 1. The van der Waals surface area contributed by atoms with Crippen LogP contribution in [0.5, 0.6) is 5.75 Å². The van der Waals surface area contributed by atoms with Gasteiger partial charge in [0.1, 0.15) is 17.8 Å². The van der Waals surface area contributed by atoms with Gasteiger partial charge in [-0.1, -0.05) is 48.4 Å². The largest absolute Gasteiger partial charge is 0.508 e. The molecule has 196 valence electrons. The van der Waals surface area contributed by atoms with Crippen molar-refractivity contribution >= 4 is 17.8 Å². The van der Waals surface area contributed by atoms with E-state index in [4.69, 9.17) is 0 Å². The summed E-state index contributed by atoms with van der Waals surface area (Å²) >= 11 is 0. The zero-order chi connectivity index (χ0) is 26.6. The number of nitrogens with zero attached hydrogens (tertiary/aromatic N) is 2. The molecule has 0 aliphatic carbocycles. The molecular formula is C28H34N4O5. The van der Waals surface area contributed by atoms with Gasteiger partial charge >= 0.3 is 5.97 Å². The van der Waals surface area contributed by atoms with Crippen LogP contribution in [0, 0.1) is 6.92 Å². The third-order valence-corrected chi connectivity index (χ3v) is 6.08. The molecule has 0 unspecified atom stereocenters. The van der Waals surface area contributed by atoms with E-state index >= 15 is 0 Å². The maximum absolute atomic E-state index is 13.2. The molecule has 0 spiro atoms. The van der Waals surface area contributed by atoms with E-state index in [0.717, 1.165) is 30.5 Å². The average Bonchev–Trinajstić information content (AvgIpc) is 3.39. The van der Waals surface area contributed by atoms with Gasteiger partial charge in [-0.05, 0) is 43.0 Å². The zero-order valence-corrected chi connectivity index (χ0v) is 21.0. The molecule has 9 heteroatoms. The summed E-state index contributed by atoms with van der Waals surface area (Å²) in [5, 5.41) is 24.6. The molecule has 2 amide bonds. The highest BCUT2D eigenvalue weighted by Crippen LogP contribution is 2.13. The van der Waals surface area contributed by atoms with Gasteiger partial charge in [0, 0.05) is 38.2 Å². The van der Waals surface area contributed by atoms with Crippen LogP contribution >= 0.6 is 0 Å². The fraction of sp³-hybridized carbons (Fsp3) is 0.357. The first kappa shape index (κ1) is 27.4. The summed E-state index contributed by atoms with van der Waals surface area (Å²) in [5.74, 6) is -1.91. The number of benzene rings is 2. The number of aliphatic carboxylic acids is 1. The lowest BCUT2D eigenvalue weighted by Gasteiger charge is -2.22. The Kier molecular flexibility index (Phi) is 10.3. The number of hydrogen-bond acceptors (Lipinski definition) is 5. The number of carboxylic acids is 1. The Hall–Kier alpha value is -4.14. The normalized spacial score (nSPS) is 12.5. The number of carbonyl (C=O) groups excluding carboxylic acids is 2. The molecule has 0 aliphatic rings. The number of aromatic hydroxyl groups is 1.